The van der Waals surface area contributed by atoms with E-state index in [9.17, 15) is 62.1 Å². The molecule has 3 heterocycles. The SMILES string of the molecule is COc1cccc2c1C(=O)c1c(O)c3c(c(O)c1C2=O)C[C@@](O)(C(=O)N(C)CCN(C)C(=O)CNC(=O)[C@H](Cc1ccccc1)NC(=O)CNC(=O)CNS(=O)(=O)NC(=O)OCC1[C@H]2CCC#CCC[C@@H]12)C[C@@H]3O[C@H]1C[C@H]2[C@H](O[C@@H]3[C@@H](OC(C)C)OCCN32)[C@H](C)O1. The predicted molar refractivity (Wildman–Crippen MR) is 322 cm³/mol. The quantitative estimate of drug-likeness (QED) is 0.0376. The van der Waals surface area contributed by atoms with Crippen molar-refractivity contribution in [3.05, 3.63) is 87.5 Å². The lowest BCUT2D eigenvalue weighted by atomic mass is 9.72. The molecule has 3 saturated heterocycles. The second-order valence-corrected chi connectivity index (χ2v) is 25.9. The summed E-state index contributed by atoms with van der Waals surface area (Å²) in [7, 11) is -0.444. The largest absolute Gasteiger partial charge is 0.507 e. The van der Waals surface area contributed by atoms with Crippen LogP contribution in [-0.4, -0.2) is 214 Å². The number of hydrogen-bond acceptors (Lipinski definition) is 21. The molecule has 3 aromatic carbocycles. The highest BCUT2D eigenvalue weighted by molar-refractivity contribution is 7.88. The number of amides is 6. The highest BCUT2D eigenvalue weighted by atomic mass is 32.2. The van der Waals surface area contributed by atoms with Gasteiger partial charge in [-0.15, -0.1) is 11.8 Å². The van der Waals surface area contributed by atoms with Crippen molar-refractivity contribution in [2.24, 2.45) is 17.8 Å². The van der Waals surface area contributed by atoms with Crippen LogP contribution in [0.4, 0.5) is 4.79 Å². The Hall–Kier alpha value is -7.79. The molecule has 4 fully saturated rings. The van der Waals surface area contributed by atoms with Crippen molar-refractivity contribution in [3.63, 3.8) is 0 Å². The highest BCUT2D eigenvalue weighted by Crippen LogP contribution is 2.54. The number of methoxy groups -OCH3 is 1. The van der Waals surface area contributed by atoms with E-state index in [-0.39, 0.29) is 78.6 Å². The molecule has 4 aliphatic carbocycles. The van der Waals surface area contributed by atoms with Gasteiger partial charge in [-0.2, -0.15) is 13.1 Å². The average Bonchev–Trinajstić information content (AvgIpc) is 1.00. The number of aliphatic hydroxyl groups is 1. The molecule has 0 aromatic heterocycles. The van der Waals surface area contributed by atoms with Gasteiger partial charge in [0.1, 0.15) is 35.0 Å². The third kappa shape index (κ3) is 14.7. The van der Waals surface area contributed by atoms with Gasteiger partial charge >= 0.3 is 16.3 Å². The molecular weight excluding hydrogens is 1220 g/mol. The number of benzene rings is 3. The molecule has 496 valence electrons. The van der Waals surface area contributed by atoms with Gasteiger partial charge in [0.15, 0.2) is 24.6 Å². The number of nitrogens with one attached hydrogen (secondary N) is 5. The molecule has 10 rings (SSSR count). The predicted octanol–water partition coefficient (Wildman–Crippen LogP) is 0.805. The van der Waals surface area contributed by atoms with Gasteiger partial charge in [-0.05, 0) is 63.0 Å². The first-order chi connectivity index (χ1) is 43.9. The summed E-state index contributed by atoms with van der Waals surface area (Å²) < 4.78 is 70.9. The van der Waals surface area contributed by atoms with Crippen molar-refractivity contribution < 1.29 is 95.3 Å². The molecule has 12 atom stereocenters. The van der Waals surface area contributed by atoms with Crippen LogP contribution in [0.15, 0.2) is 48.5 Å². The topological polar surface area (TPSA) is 366 Å². The second-order valence-electron chi connectivity index (χ2n) is 24.4. The Kier molecular flexibility index (Phi) is 20.6. The molecule has 1 saturated carbocycles. The Morgan fingerprint density at radius 3 is 2.27 bits per heavy atom. The molecule has 0 bridgehead atoms. The molecule has 3 aliphatic heterocycles. The standard InChI is InChI=1S/C63H78N8O20S/c1-33(2)88-60-59-71(23-24-86-60)42-26-48(89-34(3)57(42)91-59)90-44-28-63(82,27-39-50(44)56(78)52-51(54(39)76)53(75)38-19-14-20-43(85-6)49(38)55(52)77)61(80)70(5)22-21-69(4)47(74)31-65-58(79)41(25-35-15-10-9-11-16-35)67-46(73)29-64-45(72)30-66-92(83,84)68-62(81)87-32-40-36-17-12-7-8-13-18-37(36)40/h9-11,14-16,19-20,33-34,36-37,40-42,44,48,57,59-60,66,76,78,82H,12-13,17-18,21-32H2,1-6H3,(H,64,72)(H,65,79)(H,67,73)(H,68,81)/t34-,36-,37+,40?,41-,42-,44-,48-,57+,59+,60+,63-/m0/s1. The summed E-state index contributed by atoms with van der Waals surface area (Å²) in [5.74, 6) is -0.120. The Morgan fingerprint density at radius 2 is 1.57 bits per heavy atom. The maximum Gasteiger partial charge on any atom is 0.421 e. The summed E-state index contributed by atoms with van der Waals surface area (Å²) in [6, 6.07) is 11.4. The minimum Gasteiger partial charge on any atom is -0.507 e. The van der Waals surface area contributed by atoms with E-state index in [1.54, 1.807) is 42.0 Å². The second kappa shape index (κ2) is 28.2. The van der Waals surface area contributed by atoms with Gasteiger partial charge in [-0.25, -0.2) is 9.52 Å². The molecule has 29 heteroatoms. The molecule has 0 radical (unpaired) electrons. The van der Waals surface area contributed by atoms with Crippen molar-refractivity contribution in [1.82, 2.24) is 40.1 Å². The van der Waals surface area contributed by atoms with Crippen molar-refractivity contribution in [2.45, 2.75) is 133 Å². The van der Waals surface area contributed by atoms with Gasteiger partial charge in [0.2, 0.25) is 29.4 Å². The first-order valence-corrected chi connectivity index (χ1v) is 32.2. The number of phenolic OH excluding ortho intramolecular Hbond substituents is 2. The third-order valence-electron chi connectivity index (χ3n) is 18.0. The number of hydrogen-bond donors (Lipinski definition) is 8. The van der Waals surface area contributed by atoms with Crippen molar-refractivity contribution in [2.75, 3.05) is 73.7 Å². The van der Waals surface area contributed by atoms with Crippen LogP contribution in [0.5, 0.6) is 17.2 Å². The van der Waals surface area contributed by atoms with E-state index in [0.29, 0.717) is 30.6 Å². The number of aromatic hydroxyl groups is 2. The van der Waals surface area contributed by atoms with Crippen LogP contribution >= 0.6 is 0 Å². The number of carbonyl (C=O) groups is 8. The van der Waals surface area contributed by atoms with E-state index in [1.807, 2.05) is 18.6 Å². The van der Waals surface area contributed by atoms with E-state index < -0.39 is 161 Å². The molecular formula is C63H78N8O20S. The minimum atomic E-state index is -4.54. The first-order valence-electron chi connectivity index (χ1n) is 30.7. The summed E-state index contributed by atoms with van der Waals surface area (Å²) in [4.78, 5) is 113. The number of morpholine rings is 1. The Labute approximate surface area is 531 Å². The number of nitrogens with zero attached hydrogens (tertiary/aromatic N) is 3. The van der Waals surface area contributed by atoms with Gasteiger partial charge in [-0.3, -0.25) is 38.5 Å². The van der Waals surface area contributed by atoms with E-state index in [1.165, 1.54) is 44.3 Å². The number of fused-ring (bicyclic) bond motifs is 7. The lowest BCUT2D eigenvalue weighted by molar-refractivity contribution is -0.269. The highest BCUT2D eigenvalue weighted by Gasteiger charge is 2.56. The number of likely N-dealkylation sites (N-methyl/N-ethyl adjacent to an activating group) is 2. The van der Waals surface area contributed by atoms with Crippen LogP contribution in [0, 0.1) is 29.6 Å². The van der Waals surface area contributed by atoms with Crippen LogP contribution in [0.1, 0.15) is 114 Å². The number of ketones is 2. The molecule has 92 heavy (non-hydrogen) atoms. The zero-order chi connectivity index (χ0) is 65.9. The van der Waals surface area contributed by atoms with Crippen molar-refractivity contribution in [3.8, 4) is 29.1 Å². The van der Waals surface area contributed by atoms with Gasteiger partial charge in [-0.1, -0.05) is 42.5 Å². The number of phenols is 2. The fourth-order valence-electron chi connectivity index (χ4n) is 13.3. The first kappa shape index (κ1) is 67.1. The average molecular weight is 1300 g/mol. The summed E-state index contributed by atoms with van der Waals surface area (Å²) in [6.45, 7) is 3.97. The fraction of sp³-hybridized carbons (Fsp3) is 0.556. The summed E-state index contributed by atoms with van der Waals surface area (Å²) in [5.41, 5.74) is -3.45. The normalized spacial score (nSPS) is 26.4. The van der Waals surface area contributed by atoms with Crippen LogP contribution in [0.3, 0.4) is 0 Å². The Balaban J connectivity index is 0.759. The van der Waals surface area contributed by atoms with E-state index in [4.69, 9.17) is 33.2 Å². The van der Waals surface area contributed by atoms with Gasteiger partial charge in [0.25, 0.3) is 5.91 Å². The van der Waals surface area contributed by atoms with E-state index >= 15 is 0 Å². The number of rotatable bonds is 23. The molecule has 8 N–H and O–H groups in total. The molecule has 7 aliphatic rings. The van der Waals surface area contributed by atoms with Crippen LogP contribution < -0.4 is 30.1 Å². The maximum atomic E-state index is 14.8. The Morgan fingerprint density at radius 1 is 0.859 bits per heavy atom. The van der Waals surface area contributed by atoms with Crippen molar-refractivity contribution >= 4 is 57.4 Å². The number of carbonyl (C=O) groups excluding carboxylic acids is 8. The van der Waals surface area contributed by atoms with E-state index in [2.05, 4.69) is 32.7 Å². The molecule has 3 aromatic rings. The zero-order valence-corrected chi connectivity index (χ0v) is 52.7. The summed E-state index contributed by atoms with van der Waals surface area (Å²) in [6.07, 6.45) is -4.02. The monoisotopic (exact) mass is 1300 g/mol. The van der Waals surface area contributed by atoms with E-state index in [0.717, 1.165) is 30.6 Å². The van der Waals surface area contributed by atoms with Gasteiger partial charge < -0.3 is 74.2 Å². The van der Waals surface area contributed by atoms with Crippen molar-refractivity contribution in [1.29, 1.82) is 0 Å². The van der Waals surface area contributed by atoms with Gasteiger partial charge in [0, 0.05) is 95.0 Å². The molecule has 1 unspecified atom stereocenters. The maximum absolute atomic E-state index is 14.8. The van der Waals surface area contributed by atoms with Crippen LogP contribution in [0.25, 0.3) is 0 Å². The van der Waals surface area contributed by atoms with Crippen LogP contribution in [0.2, 0.25) is 0 Å². The van der Waals surface area contributed by atoms with Gasteiger partial charge in [0.05, 0.1) is 75.0 Å². The third-order valence-corrected chi connectivity index (χ3v) is 18.9. The molecule has 28 nitrogen and oxygen atoms in total. The smallest absolute Gasteiger partial charge is 0.421 e. The minimum absolute atomic E-state index is 0.0373. The fourth-order valence-corrected chi connectivity index (χ4v) is 14.0. The summed E-state index contributed by atoms with van der Waals surface area (Å²) >= 11 is 0. The summed E-state index contributed by atoms with van der Waals surface area (Å²) in [5, 5.41) is 44.5. The lowest BCUT2D eigenvalue weighted by Gasteiger charge is -2.44. The lowest BCUT2D eigenvalue weighted by Crippen LogP contribution is -2.56. The zero-order valence-electron chi connectivity index (χ0n) is 51.9. The Bertz CT molecular complexity index is 3530. The van der Waals surface area contributed by atoms with Crippen LogP contribution in [-0.2, 0) is 75.4 Å². The number of ether oxygens (including phenoxy) is 7. The molecule has 0 spiro atoms. The molecule has 6 amide bonds.